The number of hydrogen-bond acceptors (Lipinski definition) is 9. The van der Waals surface area contributed by atoms with Gasteiger partial charge in [0.1, 0.15) is 23.3 Å². The van der Waals surface area contributed by atoms with Gasteiger partial charge in [0.25, 0.3) is 0 Å². The number of pyridine rings is 1. The van der Waals surface area contributed by atoms with Crippen LogP contribution in [0, 0.1) is 11.6 Å². The van der Waals surface area contributed by atoms with Crippen LogP contribution in [0.2, 0.25) is 0 Å². The van der Waals surface area contributed by atoms with Gasteiger partial charge in [-0.05, 0) is 43.2 Å². The highest BCUT2D eigenvalue weighted by Gasteiger charge is 2.34. The molecule has 4 heterocycles. The monoisotopic (exact) mass is 707 g/mol. The minimum absolute atomic E-state index is 0.0418. The zero-order chi connectivity index (χ0) is 36.0. The molecule has 51 heavy (non-hydrogen) atoms. The Morgan fingerprint density at radius 1 is 0.902 bits per heavy atom. The summed E-state index contributed by atoms with van der Waals surface area (Å²) in [6.07, 6.45) is 1.95. The van der Waals surface area contributed by atoms with E-state index in [2.05, 4.69) is 5.32 Å². The Hall–Kier alpha value is -5.25. The van der Waals surface area contributed by atoms with Gasteiger partial charge in [0.2, 0.25) is 17.2 Å². The van der Waals surface area contributed by atoms with Gasteiger partial charge >= 0.3 is 12.1 Å². The number of fused-ring (bicyclic) bond motifs is 1. The number of rotatable bonds is 9. The molecule has 3 aromatic rings. The van der Waals surface area contributed by atoms with Crippen molar-refractivity contribution in [2.75, 3.05) is 86.7 Å². The number of aromatic nitrogens is 1. The van der Waals surface area contributed by atoms with Crippen molar-refractivity contribution in [3.8, 4) is 0 Å². The van der Waals surface area contributed by atoms with Crippen LogP contribution in [0.25, 0.3) is 10.9 Å². The zero-order valence-electron chi connectivity index (χ0n) is 28.1. The van der Waals surface area contributed by atoms with E-state index in [0.717, 1.165) is 18.9 Å². The molecule has 0 radical (unpaired) electrons. The first-order valence-electron chi connectivity index (χ1n) is 17.1. The molecule has 1 aromatic heterocycles. The predicted octanol–water partition coefficient (Wildman–Crippen LogP) is 2.24. The largest absolute Gasteiger partial charge is 0.477 e. The molecular weight excluding hydrogens is 668 g/mol. The highest BCUT2D eigenvalue weighted by atomic mass is 19.1. The van der Waals surface area contributed by atoms with E-state index in [4.69, 9.17) is 4.74 Å². The summed E-state index contributed by atoms with van der Waals surface area (Å²) in [5.74, 6) is -2.70. The lowest BCUT2D eigenvalue weighted by atomic mass is 10.1. The van der Waals surface area contributed by atoms with Crippen molar-refractivity contribution in [1.29, 1.82) is 0 Å². The maximum Gasteiger partial charge on any atom is 0.414 e. The number of halogens is 2. The second-order valence-corrected chi connectivity index (χ2v) is 13.5. The number of aromatic carboxylic acids is 1. The van der Waals surface area contributed by atoms with Gasteiger partial charge in [-0.3, -0.25) is 24.2 Å². The maximum absolute atomic E-state index is 15.4. The van der Waals surface area contributed by atoms with Gasteiger partial charge in [0.05, 0.1) is 42.2 Å². The molecular formula is C35H39F2N7O7. The van der Waals surface area contributed by atoms with E-state index >= 15 is 8.78 Å². The summed E-state index contributed by atoms with van der Waals surface area (Å²) < 4.78 is 37.7. The molecule has 1 atom stereocenters. The van der Waals surface area contributed by atoms with Gasteiger partial charge in [-0.25, -0.2) is 18.4 Å². The fraction of sp³-hybridized carbons (Fsp3) is 0.457. The molecule has 14 nitrogen and oxygen atoms in total. The van der Waals surface area contributed by atoms with E-state index in [9.17, 15) is 29.1 Å². The number of nitrogens with one attached hydrogen (secondary N) is 1. The number of nitrogens with zero attached hydrogens (tertiary/aromatic N) is 6. The molecule has 2 N–H and O–H groups in total. The lowest BCUT2D eigenvalue weighted by Gasteiger charge is -2.39. The average molecular weight is 708 g/mol. The molecule has 3 saturated heterocycles. The second-order valence-electron chi connectivity index (χ2n) is 13.5. The van der Waals surface area contributed by atoms with Crippen LogP contribution in [0.15, 0.2) is 41.3 Å². The third kappa shape index (κ3) is 7.04. The molecule has 16 heteroatoms. The number of benzene rings is 2. The number of cyclic esters (lactones) is 1. The molecule has 4 aliphatic rings. The summed E-state index contributed by atoms with van der Waals surface area (Å²) in [7, 11) is 0. The van der Waals surface area contributed by atoms with E-state index in [1.807, 2.05) is 14.7 Å². The van der Waals surface area contributed by atoms with Crippen LogP contribution in [-0.2, 0) is 14.3 Å². The normalized spacial score (nSPS) is 19.8. The number of carbonyl (C=O) groups excluding carboxylic acids is 3. The van der Waals surface area contributed by atoms with Crippen LogP contribution in [0.1, 0.15) is 36.2 Å². The summed E-state index contributed by atoms with van der Waals surface area (Å²) in [6, 6.07) is 7.42. The molecule has 2 aromatic carbocycles. The van der Waals surface area contributed by atoms with Crippen LogP contribution in [-0.4, -0.2) is 121 Å². The van der Waals surface area contributed by atoms with Crippen molar-refractivity contribution < 1.29 is 37.8 Å². The molecule has 3 amide bonds. The van der Waals surface area contributed by atoms with E-state index in [1.165, 1.54) is 24.1 Å². The SMILES string of the molecule is CC(=O)NC[C@H]1CN(c2ccc(N3CCN(C(=O)CN4CCN(c5cc6c(cc5F)c(=O)c(C(=O)O)cn6C5CC5)CC4)CC3)c(F)c2)C(=O)O1. The predicted molar refractivity (Wildman–Crippen MR) is 184 cm³/mol. The number of anilines is 3. The Labute approximate surface area is 291 Å². The summed E-state index contributed by atoms with van der Waals surface area (Å²) in [5.41, 5.74) is 0.520. The van der Waals surface area contributed by atoms with Crippen molar-refractivity contribution >= 4 is 51.8 Å². The molecule has 3 aliphatic heterocycles. The zero-order valence-corrected chi connectivity index (χ0v) is 28.1. The van der Waals surface area contributed by atoms with Gasteiger partial charge in [-0.15, -0.1) is 0 Å². The fourth-order valence-electron chi connectivity index (χ4n) is 7.06. The Morgan fingerprint density at radius 2 is 1.57 bits per heavy atom. The molecule has 0 spiro atoms. The van der Waals surface area contributed by atoms with Crippen molar-refractivity contribution in [1.82, 2.24) is 19.7 Å². The van der Waals surface area contributed by atoms with Gasteiger partial charge in [-0.2, -0.15) is 0 Å². The van der Waals surface area contributed by atoms with E-state index in [-0.39, 0.29) is 48.4 Å². The van der Waals surface area contributed by atoms with E-state index < -0.39 is 35.2 Å². The number of amides is 3. The Kier molecular flexibility index (Phi) is 9.26. The minimum atomic E-state index is -1.34. The minimum Gasteiger partial charge on any atom is -0.477 e. The smallest absolute Gasteiger partial charge is 0.414 e. The topological polar surface area (TPSA) is 148 Å². The standard InChI is InChI=1S/C35H39F2N7O7/c1-21(45)38-17-24-18-44(35(50)51-24)23-4-5-29(27(36)14-23)40-10-12-42(13-11-40)32(46)20-39-6-8-41(9-7-39)31-16-30-25(15-28(31)37)33(47)26(34(48)49)19-43(30)22-2-3-22/h4-5,14-16,19,22,24H,2-3,6-13,17-18,20H2,1H3,(H,38,45)(H,48,49)/t24-/m0/s1. The number of piperazine rings is 2. The van der Waals surface area contributed by atoms with E-state index in [0.29, 0.717) is 74.9 Å². The summed E-state index contributed by atoms with van der Waals surface area (Å²) in [6.45, 7) is 5.60. The maximum atomic E-state index is 15.4. The number of carboxylic acid groups (broad SMARTS) is 1. The molecule has 1 saturated carbocycles. The lowest BCUT2D eigenvalue weighted by Crippen LogP contribution is -2.54. The number of carbonyl (C=O) groups is 4. The molecule has 7 rings (SSSR count). The first-order valence-corrected chi connectivity index (χ1v) is 17.1. The van der Waals surface area contributed by atoms with Crippen LogP contribution in [0.3, 0.4) is 0 Å². The third-order valence-electron chi connectivity index (χ3n) is 10.0. The van der Waals surface area contributed by atoms with Crippen LogP contribution >= 0.6 is 0 Å². The number of carboxylic acids is 1. The van der Waals surface area contributed by atoms with Crippen molar-refractivity contribution in [3.63, 3.8) is 0 Å². The Balaban J connectivity index is 0.920. The van der Waals surface area contributed by atoms with Gasteiger partial charge < -0.3 is 34.4 Å². The quantitative estimate of drug-likeness (QED) is 0.340. The average Bonchev–Trinajstić information content (AvgIpc) is 3.88. The van der Waals surface area contributed by atoms with Crippen LogP contribution in [0.5, 0.6) is 0 Å². The first kappa shape index (κ1) is 34.2. The summed E-state index contributed by atoms with van der Waals surface area (Å²) in [4.78, 5) is 70.1. The van der Waals surface area contributed by atoms with Crippen molar-refractivity contribution in [3.05, 3.63) is 63.9 Å². The van der Waals surface area contributed by atoms with Gasteiger partial charge in [-0.1, -0.05) is 0 Å². The third-order valence-corrected chi connectivity index (χ3v) is 10.0. The van der Waals surface area contributed by atoms with Gasteiger partial charge in [0, 0.05) is 76.9 Å². The highest BCUT2D eigenvalue weighted by Crippen LogP contribution is 2.38. The molecule has 0 bridgehead atoms. The lowest BCUT2D eigenvalue weighted by molar-refractivity contribution is -0.132. The summed E-state index contributed by atoms with van der Waals surface area (Å²) >= 11 is 0. The number of ether oxygens (including phenoxy) is 1. The molecule has 4 fully saturated rings. The van der Waals surface area contributed by atoms with Gasteiger partial charge in [0.15, 0.2) is 0 Å². The Morgan fingerprint density at radius 3 is 2.22 bits per heavy atom. The fourth-order valence-corrected chi connectivity index (χ4v) is 7.06. The van der Waals surface area contributed by atoms with Crippen molar-refractivity contribution in [2.24, 2.45) is 0 Å². The van der Waals surface area contributed by atoms with Crippen LogP contribution < -0.4 is 25.4 Å². The van der Waals surface area contributed by atoms with Crippen molar-refractivity contribution in [2.45, 2.75) is 31.9 Å². The summed E-state index contributed by atoms with van der Waals surface area (Å²) in [5, 5.41) is 12.2. The molecule has 270 valence electrons. The highest BCUT2D eigenvalue weighted by molar-refractivity contribution is 5.94. The number of hydrogen-bond donors (Lipinski definition) is 2. The van der Waals surface area contributed by atoms with E-state index in [1.54, 1.807) is 27.7 Å². The Bertz CT molecular complexity index is 1950. The first-order chi connectivity index (χ1) is 24.5. The molecule has 0 unspecified atom stereocenters. The van der Waals surface area contributed by atoms with Crippen LogP contribution in [0.4, 0.5) is 30.6 Å². The molecule has 1 aliphatic carbocycles. The second kappa shape index (κ2) is 13.8.